The van der Waals surface area contributed by atoms with Gasteiger partial charge in [0.15, 0.2) is 6.61 Å². The smallest absolute Gasteiger partial charge is 0.260 e. The summed E-state index contributed by atoms with van der Waals surface area (Å²) in [6, 6.07) is 7.47. The molecule has 0 aliphatic carbocycles. The molecule has 1 aromatic rings. The van der Waals surface area contributed by atoms with Crippen molar-refractivity contribution in [3.05, 3.63) is 29.8 Å². The monoisotopic (exact) mass is 292 g/mol. The van der Waals surface area contributed by atoms with Crippen LogP contribution in [0.4, 0.5) is 0 Å². The Labute approximate surface area is 126 Å². The third-order valence-electron chi connectivity index (χ3n) is 3.70. The average molecular weight is 292 g/mol. The maximum absolute atomic E-state index is 12.0. The van der Waals surface area contributed by atoms with E-state index < -0.39 is 0 Å². The molecule has 1 heterocycles. The van der Waals surface area contributed by atoms with Gasteiger partial charge in [-0.3, -0.25) is 4.79 Å². The summed E-state index contributed by atoms with van der Waals surface area (Å²) >= 11 is 0. The number of hydrogen-bond donors (Lipinski definition) is 1. The lowest BCUT2D eigenvalue weighted by Crippen LogP contribution is -2.39. The maximum atomic E-state index is 12.0. The number of rotatable bonds is 6. The Morgan fingerprint density at radius 3 is 2.76 bits per heavy atom. The first-order valence-corrected chi connectivity index (χ1v) is 7.46. The van der Waals surface area contributed by atoms with Crippen LogP contribution >= 0.6 is 0 Å². The van der Waals surface area contributed by atoms with E-state index in [1.165, 1.54) is 6.42 Å². The van der Waals surface area contributed by atoms with Crippen LogP contribution in [0.2, 0.25) is 0 Å². The van der Waals surface area contributed by atoms with Crippen LogP contribution in [0, 0.1) is 0 Å². The fraction of sp³-hybridized carbons (Fsp3) is 0.562. The van der Waals surface area contributed by atoms with Gasteiger partial charge in [0.25, 0.3) is 5.91 Å². The van der Waals surface area contributed by atoms with Gasteiger partial charge in [0.2, 0.25) is 0 Å². The van der Waals surface area contributed by atoms with Crippen molar-refractivity contribution in [2.45, 2.75) is 31.9 Å². The molecule has 1 aliphatic rings. The molecule has 5 heteroatoms. The third kappa shape index (κ3) is 5.02. The van der Waals surface area contributed by atoms with E-state index in [4.69, 9.17) is 15.2 Å². The quantitative estimate of drug-likeness (QED) is 0.864. The van der Waals surface area contributed by atoms with Gasteiger partial charge in [0.1, 0.15) is 5.75 Å². The second-order valence-electron chi connectivity index (χ2n) is 5.40. The van der Waals surface area contributed by atoms with E-state index in [1.54, 1.807) is 11.9 Å². The van der Waals surface area contributed by atoms with Gasteiger partial charge in [-0.15, -0.1) is 0 Å². The molecule has 1 aromatic carbocycles. The van der Waals surface area contributed by atoms with Gasteiger partial charge in [0.05, 0.1) is 6.10 Å². The van der Waals surface area contributed by atoms with E-state index in [0.29, 0.717) is 18.8 Å². The van der Waals surface area contributed by atoms with Crippen LogP contribution in [0.25, 0.3) is 0 Å². The number of nitrogens with two attached hydrogens (primary N) is 1. The van der Waals surface area contributed by atoms with E-state index >= 15 is 0 Å². The minimum Gasteiger partial charge on any atom is -0.484 e. The molecule has 1 fully saturated rings. The van der Waals surface area contributed by atoms with Crippen molar-refractivity contribution >= 4 is 5.91 Å². The lowest BCUT2D eigenvalue weighted by atomic mass is 10.1. The van der Waals surface area contributed by atoms with Crippen LogP contribution in [-0.2, 0) is 16.1 Å². The van der Waals surface area contributed by atoms with Crippen LogP contribution in [-0.4, -0.2) is 43.7 Å². The molecule has 1 saturated heterocycles. The maximum Gasteiger partial charge on any atom is 0.260 e. The van der Waals surface area contributed by atoms with E-state index in [0.717, 1.165) is 25.0 Å². The number of hydrogen-bond acceptors (Lipinski definition) is 4. The second-order valence-corrected chi connectivity index (χ2v) is 5.40. The molecule has 0 aromatic heterocycles. The standard InChI is InChI=1S/C16H24N2O3/c1-18(11-15-4-2-3-9-20-15)16(19)12-21-14-7-5-13(10-17)6-8-14/h5-8,15H,2-4,9-12,17H2,1H3. The van der Waals surface area contributed by atoms with Gasteiger partial charge >= 0.3 is 0 Å². The third-order valence-corrected chi connectivity index (χ3v) is 3.70. The zero-order chi connectivity index (χ0) is 15.1. The molecule has 21 heavy (non-hydrogen) atoms. The van der Waals surface area contributed by atoms with E-state index in [2.05, 4.69) is 0 Å². The SMILES string of the molecule is CN(CC1CCCCO1)C(=O)COc1ccc(CN)cc1. The highest BCUT2D eigenvalue weighted by atomic mass is 16.5. The summed E-state index contributed by atoms with van der Waals surface area (Å²) in [4.78, 5) is 13.7. The van der Waals surface area contributed by atoms with Crippen LogP contribution in [0.15, 0.2) is 24.3 Å². The van der Waals surface area contributed by atoms with E-state index in [-0.39, 0.29) is 18.6 Å². The van der Waals surface area contributed by atoms with Crippen LogP contribution in [0.1, 0.15) is 24.8 Å². The second kappa shape index (κ2) is 8.00. The number of benzene rings is 1. The number of amides is 1. The Balaban J connectivity index is 1.74. The molecule has 0 saturated carbocycles. The van der Waals surface area contributed by atoms with Gasteiger partial charge in [-0.05, 0) is 37.0 Å². The lowest BCUT2D eigenvalue weighted by molar-refractivity contribution is -0.134. The minimum absolute atomic E-state index is 0.0351. The molecule has 5 nitrogen and oxygen atoms in total. The molecule has 0 bridgehead atoms. The molecule has 1 amide bonds. The molecule has 0 radical (unpaired) electrons. The molecule has 116 valence electrons. The first-order valence-electron chi connectivity index (χ1n) is 7.46. The molecule has 0 spiro atoms. The molecule has 1 atom stereocenters. The first kappa shape index (κ1) is 15.8. The van der Waals surface area contributed by atoms with Crippen molar-refractivity contribution in [1.82, 2.24) is 4.90 Å². The van der Waals surface area contributed by atoms with Gasteiger partial charge in [-0.2, -0.15) is 0 Å². The van der Waals surface area contributed by atoms with Crippen molar-refractivity contribution in [2.24, 2.45) is 5.73 Å². The number of nitrogens with zero attached hydrogens (tertiary/aromatic N) is 1. The Morgan fingerprint density at radius 2 is 2.14 bits per heavy atom. The van der Waals surface area contributed by atoms with E-state index in [9.17, 15) is 4.79 Å². The van der Waals surface area contributed by atoms with Gasteiger partial charge in [-0.1, -0.05) is 12.1 Å². The van der Waals surface area contributed by atoms with Crippen LogP contribution in [0.3, 0.4) is 0 Å². The predicted molar refractivity (Wildman–Crippen MR) is 81.1 cm³/mol. The Kier molecular flexibility index (Phi) is 6.02. The summed E-state index contributed by atoms with van der Waals surface area (Å²) in [5.41, 5.74) is 6.58. The summed E-state index contributed by atoms with van der Waals surface area (Å²) in [6.07, 6.45) is 3.49. The largest absolute Gasteiger partial charge is 0.484 e. The number of carbonyl (C=O) groups is 1. The molecule has 1 unspecified atom stereocenters. The molecular formula is C16H24N2O3. The van der Waals surface area contributed by atoms with Crippen LogP contribution in [0.5, 0.6) is 5.75 Å². The molecule has 2 N–H and O–H groups in total. The van der Waals surface area contributed by atoms with Crippen molar-refractivity contribution in [2.75, 3.05) is 26.8 Å². The lowest BCUT2D eigenvalue weighted by Gasteiger charge is -2.27. The number of carbonyl (C=O) groups excluding carboxylic acids is 1. The van der Waals surface area contributed by atoms with E-state index in [1.807, 2.05) is 24.3 Å². The van der Waals surface area contributed by atoms with Gasteiger partial charge < -0.3 is 20.1 Å². The normalized spacial score (nSPS) is 18.3. The Hall–Kier alpha value is -1.59. The Morgan fingerprint density at radius 1 is 1.38 bits per heavy atom. The molecule has 2 rings (SSSR count). The van der Waals surface area contributed by atoms with Crippen molar-refractivity contribution in [3.63, 3.8) is 0 Å². The highest BCUT2D eigenvalue weighted by Crippen LogP contribution is 2.14. The van der Waals surface area contributed by atoms with Crippen molar-refractivity contribution < 1.29 is 14.3 Å². The topological polar surface area (TPSA) is 64.8 Å². The Bertz CT molecular complexity index is 441. The number of likely N-dealkylation sites (N-methyl/N-ethyl adjacent to an activating group) is 1. The summed E-state index contributed by atoms with van der Waals surface area (Å²) in [6.45, 7) is 1.99. The summed E-state index contributed by atoms with van der Waals surface area (Å²) in [5, 5.41) is 0. The van der Waals surface area contributed by atoms with Crippen molar-refractivity contribution in [1.29, 1.82) is 0 Å². The van der Waals surface area contributed by atoms with Crippen molar-refractivity contribution in [3.8, 4) is 5.75 Å². The summed E-state index contributed by atoms with van der Waals surface area (Å²) in [7, 11) is 1.79. The fourth-order valence-electron chi connectivity index (χ4n) is 2.34. The molecular weight excluding hydrogens is 268 g/mol. The predicted octanol–water partition coefficient (Wildman–Crippen LogP) is 1.55. The summed E-state index contributed by atoms with van der Waals surface area (Å²) in [5.74, 6) is 0.648. The minimum atomic E-state index is -0.0351. The van der Waals surface area contributed by atoms with Gasteiger partial charge in [0, 0.05) is 26.7 Å². The average Bonchev–Trinajstić information content (AvgIpc) is 2.54. The van der Waals surface area contributed by atoms with Gasteiger partial charge in [-0.25, -0.2) is 0 Å². The fourth-order valence-corrected chi connectivity index (χ4v) is 2.34. The first-order chi connectivity index (χ1) is 10.2. The van der Waals surface area contributed by atoms with Crippen LogP contribution < -0.4 is 10.5 Å². The summed E-state index contributed by atoms with van der Waals surface area (Å²) < 4.78 is 11.1. The molecule has 1 aliphatic heterocycles. The zero-order valence-corrected chi connectivity index (χ0v) is 12.6. The number of ether oxygens (including phenoxy) is 2. The highest BCUT2D eigenvalue weighted by Gasteiger charge is 2.19. The zero-order valence-electron chi connectivity index (χ0n) is 12.6. The highest BCUT2D eigenvalue weighted by molar-refractivity contribution is 5.77.